The van der Waals surface area contributed by atoms with Crippen molar-refractivity contribution < 1.29 is 14.3 Å². The van der Waals surface area contributed by atoms with E-state index in [1.807, 2.05) is 18.3 Å². The number of nitrogens with zero attached hydrogens (tertiary/aromatic N) is 2. The molecule has 1 N–H and O–H groups in total. The number of nitrogens with one attached hydrogen (secondary N) is 1. The maximum Gasteiger partial charge on any atom is 0.312 e. The molecule has 23 heavy (non-hydrogen) atoms. The number of rotatable bonds is 5. The van der Waals surface area contributed by atoms with E-state index in [2.05, 4.69) is 26.2 Å². The van der Waals surface area contributed by atoms with Crippen LogP contribution in [0.1, 0.15) is 31.9 Å². The summed E-state index contributed by atoms with van der Waals surface area (Å²) in [5, 5.41) is 2.94. The van der Waals surface area contributed by atoms with Crippen molar-refractivity contribution in [2.75, 3.05) is 11.9 Å². The second-order valence-corrected chi connectivity index (χ2v) is 6.50. The molecule has 1 aliphatic rings. The van der Waals surface area contributed by atoms with Crippen molar-refractivity contribution >= 4 is 39.3 Å². The van der Waals surface area contributed by atoms with E-state index in [1.165, 1.54) is 0 Å². The number of pyridine rings is 1. The second kappa shape index (κ2) is 6.70. The predicted molar refractivity (Wildman–Crippen MR) is 89.2 cm³/mol. The Morgan fingerprint density at radius 2 is 2.22 bits per heavy atom. The van der Waals surface area contributed by atoms with E-state index in [1.54, 1.807) is 11.3 Å². The zero-order chi connectivity index (χ0) is 16.4. The average molecular weight is 380 g/mol. The van der Waals surface area contributed by atoms with Crippen LogP contribution < -0.4 is 5.32 Å². The summed E-state index contributed by atoms with van der Waals surface area (Å²) >= 11 is 3.42. The van der Waals surface area contributed by atoms with Gasteiger partial charge in [0.1, 0.15) is 11.5 Å². The first kappa shape index (κ1) is 16.0. The molecule has 1 amide bonds. The molecular formula is C16H18BrN3O3. The Labute approximate surface area is 142 Å². The van der Waals surface area contributed by atoms with Crippen LogP contribution in [0, 0.1) is 5.92 Å². The Balaban J connectivity index is 1.94. The normalized spacial score (nSPS) is 14.5. The molecule has 0 saturated heterocycles. The third kappa shape index (κ3) is 3.39. The molecule has 0 radical (unpaired) electrons. The zero-order valence-corrected chi connectivity index (χ0v) is 14.4. The maximum atomic E-state index is 12.3. The van der Waals surface area contributed by atoms with Crippen molar-refractivity contribution in [3.05, 3.63) is 28.5 Å². The summed E-state index contributed by atoms with van der Waals surface area (Å²) in [6, 6.07) is 3.70. The first-order valence-corrected chi connectivity index (χ1v) is 8.50. The lowest BCUT2D eigenvalue weighted by Gasteiger charge is -2.24. The summed E-state index contributed by atoms with van der Waals surface area (Å²) in [4.78, 5) is 28.6. The summed E-state index contributed by atoms with van der Waals surface area (Å²) in [5.74, 6) is 0.242. The highest BCUT2D eigenvalue weighted by atomic mass is 79.9. The lowest BCUT2D eigenvalue weighted by molar-refractivity contribution is -0.142. The molecule has 3 rings (SSSR count). The first-order chi connectivity index (χ1) is 11.1. The van der Waals surface area contributed by atoms with Crippen molar-refractivity contribution in [1.29, 1.82) is 0 Å². The molecule has 0 unspecified atom stereocenters. The van der Waals surface area contributed by atoms with E-state index in [9.17, 15) is 9.59 Å². The van der Waals surface area contributed by atoms with E-state index in [4.69, 9.17) is 4.74 Å². The van der Waals surface area contributed by atoms with E-state index < -0.39 is 0 Å². The molecule has 0 aliphatic heterocycles. The van der Waals surface area contributed by atoms with Crippen molar-refractivity contribution in [2.45, 2.75) is 32.6 Å². The van der Waals surface area contributed by atoms with Crippen LogP contribution in [-0.4, -0.2) is 27.9 Å². The van der Waals surface area contributed by atoms with Gasteiger partial charge in [-0.1, -0.05) is 6.42 Å². The van der Waals surface area contributed by atoms with Gasteiger partial charge in [0, 0.05) is 16.6 Å². The van der Waals surface area contributed by atoms with Crippen molar-refractivity contribution in [3.63, 3.8) is 0 Å². The minimum absolute atomic E-state index is 0.0110. The average Bonchev–Trinajstić information content (AvgIpc) is 2.74. The van der Waals surface area contributed by atoms with Crippen LogP contribution in [0.15, 0.2) is 22.8 Å². The van der Waals surface area contributed by atoms with Gasteiger partial charge in [0.25, 0.3) is 0 Å². The maximum absolute atomic E-state index is 12.3. The number of ether oxygens (including phenoxy) is 1. The molecule has 1 aliphatic carbocycles. The quantitative estimate of drug-likeness (QED) is 0.810. The van der Waals surface area contributed by atoms with E-state index in [0.29, 0.717) is 23.8 Å². The first-order valence-electron chi connectivity index (χ1n) is 7.71. The number of carbonyl (C=O) groups is 2. The Hall–Kier alpha value is -1.89. The zero-order valence-electron chi connectivity index (χ0n) is 12.8. The number of aromatic nitrogens is 2. The highest BCUT2D eigenvalue weighted by molar-refractivity contribution is 9.10. The van der Waals surface area contributed by atoms with Gasteiger partial charge in [-0.15, -0.1) is 0 Å². The Bertz CT molecular complexity index is 752. The summed E-state index contributed by atoms with van der Waals surface area (Å²) in [7, 11) is 0. The summed E-state index contributed by atoms with van der Waals surface area (Å²) < 4.78 is 7.65. The molecule has 0 aromatic carbocycles. The van der Waals surface area contributed by atoms with Gasteiger partial charge >= 0.3 is 5.97 Å². The van der Waals surface area contributed by atoms with Crippen molar-refractivity contribution in [3.8, 4) is 0 Å². The molecule has 0 atom stereocenters. The van der Waals surface area contributed by atoms with Gasteiger partial charge in [0.05, 0.1) is 18.7 Å². The number of carbonyl (C=O) groups excluding carboxylic acids is 2. The number of anilines is 1. The Kier molecular flexibility index (Phi) is 4.66. The van der Waals surface area contributed by atoms with Crippen LogP contribution in [0.4, 0.5) is 5.82 Å². The smallest absolute Gasteiger partial charge is 0.312 e. The molecule has 6 nitrogen and oxygen atoms in total. The highest BCUT2D eigenvalue weighted by Gasteiger charge is 2.27. The van der Waals surface area contributed by atoms with Gasteiger partial charge in [-0.25, -0.2) is 4.98 Å². The second-order valence-electron chi connectivity index (χ2n) is 5.58. The minimum atomic E-state index is -0.353. The Morgan fingerprint density at radius 3 is 2.87 bits per heavy atom. The van der Waals surface area contributed by atoms with Crippen LogP contribution in [0.3, 0.4) is 0 Å². The lowest BCUT2D eigenvalue weighted by Crippen LogP contribution is -2.29. The molecule has 0 bridgehead atoms. The standard InChI is InChI=1S/C16H18BrN3O3/c1-2-23-14(21)8-12-15(19-16(22)10-4-3-5-10)20-9-11(17)6-7-13(20)18-12/h6-7,9-10H,2-5,8H2,1H3,(H,19,22). The molecule has 2 aromatic heterocycles. The van der Waals surface area contributed by atoms with Gasteiger partial charge < -0.3 is 10.1 Å². The number of halogens is 1. The van der Waals surface area contributed by atoms with Gasteiger partial charge in [0.2, 0.25) is 5.91 Å². The monoisotopic (exact) mass is 379 g/mol. The van der Waals surface area contributed by atoms with Crippen LogP contribution >= 0.6 is 15.9 Å². The van der Waals surface area contributed by atoms with Crippen molar-refractivity contribution in [2.24, 2.45) is 5.92 Å². The third-order valence-corrected chi connectivity index (χ3v) is 4.46. The minimum Gasteiger partial charge on any atom is -0.466 e. The number of hydrogen-bond donors (Lipinski definition) is 1. The summed E-state index contributed by atoms with van der Waals surface area (Å²) in [6.07, 6.45) is 4.78. The van der Waals surface area contributed by atoms with Gasteiger partial charge in [-0.3, -0.25) is 14.0 Å². The lowest BCUT2D eigenvalue weighted by atomic mass is 9.85. The molecule has 2 aromatic rings. The SMILES string of the molecule is CCOC(=O)Cc1nc2ccc(Br)cn2c1NC(=O)C1CCC1. The number of esters is 1. The topological polar surface area (TPSA) is 72.7 Å². The van der Waals surface area contributed by atoms with Gasteiger partial charge in [-0.05, 0) is 47.8 Å². The van der Waals surface area contributed by atoms with E-state index in [-0.39, 0.29) is 24.2 Å². The van der Waals surface area contributed by atoms with Crippen LogP contribution in [-0.2, 0) is 20.7 Å². The fourth-order valence-electron chi connectivity index (χ4n) is 2.56. The van der Waals surface area contributed by atoms with Crippen LogP contribution in [0.5, 0.6) is 0 Å². The molecule has 1 fully saturated rings. The summed E-state index contributed by atoms with van der Waals surface area (Å²) in [6.45, 7) is 2.08. The van der Waals surface area contributed by atoms with Crippen molar-refractivity contribution in [1.82, 2.24) is 9.38 Å². The predicted octanol–water partition coefficient (Wildman–Crippen LogP) is 2.94. The third-order valence-electron chi connectivity index (χ3n) is 3.99. The Morgan fingerprint density at radius 1 is 1.43 bits per heavy atom. The molecule has 7 heteroatoms. The molecule has 122 valence electrons. The molecule has 2 heterocycles. The van der Waals surface area contributed by atoms with E-state index in [0.717, 1.165) is 23.7 Å². The molecular weight excluding hydrogens is 362 g/mol. The van der Waals surface area contributed by atoms with Gasteiger partial charge in [0.15, 0.2) is 0 Å². The summed E-state index contributed by atoms with van der Waals surface area (Å²) in [5.41, 5.74) is 1.20. The van der Waals surface area contributed by atoms with Gasteiger partial charge in [-0.2, -0.15) is 0 Å². The largest absolute Gasteiger partial charge is 0.466 e. The fraction of sp³-hybridized carbons (Fsp3) is 0.438. The number of imidazole rings is 1. The van der Waals surface area contributed by atoms with Crippen LogP contribution in [0.25, 0.3) is 5.65 Å². The fourth-order valence-corrected chi connectivity index (χ4v) is 2.90. The number of hydrogen-bond acceptors (Lipinski definition) is 4. The highest BCUT2D eigenvalue weighted by Crippen LogP contribution is 2.29. The number of amides is 1. The number of fused-ring (bicyclic) bond motifs is 1. The molecule has 0 spiro atoms. The van der Waals surface area contributed by atoms with E-state index >= 15 is 0 Å². The van der Waals surface area contributed by atoms with Crippen LogP contribution in [0.2, 0.25) is 0 Å². The molecule has 1 saturated carbocycles.